The zero-order chi connectivity index (χ0) is 13.3. The molecule has 0 bridgehead atoms. The lowest BCUT2D eigenvalue weighted by molar-refractivity contribution is -0.145. The minimum Gasteiger partial charge on any atom is -0.469 e. The smallest absolute Gasteiger partial charge is 0.309 e. The molecule has 4 heteroatoms. The van der Waals surface area contributed by atoms with Crippen molar-refractivity contribution in [3.8, 4) is 0 Å². The zero-order valence-electron chi connectivity index (χ0n) is 10.3. The summed E-state index contributed by atoms with van der Waals surface area (Å²) in [4.78, 5) is 23.3. The van der Waals surface area contributed by atoms with Crippen molar-refractivity contribution in [3.05, 3.63) is 47.0 Å². The van der Waals surface area contributed by atoms with E-state index in [1.165, 1.54) is 13.2 Å². The Hall–Kier alpha value is -1.94. The van der Waals surface area contributed by atoms with E-state index in [4.69, 9.17) is 0 Å². The van der Waals surface area contributed by atoms with Crippen molar-refractivity contribution in [1.82, 2.24) is 0 Å². The Bertz CT molecular complexity index is 544. The van der Waals surface area contributed by atoms with Crippen LogP contribution in [-0.2, 0) is 15.1 Å². The molecule has 4 nitrogen and oxygen atoms in total. The number of esters is 1. The van der Waals surface area contributed by atoms with E-state index < -0.39 is 11.6 Å². The Balaban J connectivity index is 2.55. The average molecular weight is 246 g/mol. The molecule has 1 aromatic carbocycles. The molecule has 0 spiro atoms. The number of allylic oxidation sites excluding steroid dienone is 1. The van der Waals surface area contributed by atoms with Crippen LogP contribution in [0.25, 0.3) is 0 Å². The van der Waals surface area contributed by atoms with E-state index in [0.717, 1.165) is 0 Å². The van der Waals surface area contributed by atoms with Crippen molar-refractivity contribution in [2.24, 2.45) is 0 Å². The molecule has 1 aliphatic rings. The minimum absolute atomic E-state index is 0.155. The standard InChI is InChI=1S/C14H14O4/c1-9-7-12(15)10-5-3-4-6-11(10)14(9,17)8-13(16)18-2/h3-7,17H,8H2,1-2H3. The third kappa shape index (κ3) is 1.84. The van der Waals surface area contributed by atoms with Crippen LogP contribution in [0.2, 0.25) is 0 Å². The fourth-order valence-electron chi connectivity index (χ4n) is 2.18. The van der Waals surface area contributed by atoms with Gasteiger partial charge in [0.2, 0.25) is 0 Å². The second-order valence-electron chi connectivity index (χ2n) is 4.35. The fourth-order valence-corrected chi connectivity index (χ4v) is 2.18. The van der Waals surface area contributed by atoms with E-state index in [2.05, 4.69) is 4.74 Å². The minimum atomic E-state index is -1.46. The van der Waals surface area contributed by atoms with Crippen LogP contribution in [0, 0.1) is 0 Å². The predicted molar refractivity (Wildman–Crippen MR) is 65.1 cm³/mol. The van der Waals surface area contributed by atoms with Gasteiger partial charge in [-0.25, -0.2) is 0 Å². The first kappa shape index (κ1) is 12.5. The van der Waals surface area contributed by atoms with Gasteiger partial charge >= 0.3 is 5.97 Å². The Morgan fingerprint density at radius 3 is 2.72 bits per heavy atom. The lowest BCUT2D eigenvalue weighted by Gasteiger charge is -2.33. The number of ketones is 1. The number of ether oxygens (including phenoxy) is 1. The number of rotatable bonds is 2. The van der Waals surface area contributed by atoms with E-state index in [9.17, 15) is 14.7 Å². The van der Waals surface area contributed by atoms with Crippen molar-refractivity contribution in [3.63, 3.8) is 0 Å². The number of hydrogen-bond acceptors (Lipinski definition) is 4. The van der Waals surface area contributed by atoms with Crippen molar-refractivity contribution in [1.29, 1.82) is 0 Å². The van der Waals surface area contributed by atoms with Crippen molar-refractivity contribution < 1.29 is 19.4 Å². The number of fused-ring (bicyclic) bond motifs is 1. The van der Waals surface area contributed by atoms with Gasteiger partial charge in [-0.05, 0) is 24.1 Å². The van der Waals surface area contributed by atoms with Gasteiger partial charge in [0, 0.05) is 5.56 Å². The molecule has 1 aliphatic carbocycles. The SMILES string of the molecule is COC(=O)CC1(O)C(C)=CC(=O)c2ccccc21. The van der Waals surface area contributed by atoms with Crippen LogP contribution >= 0.6 is 0 Å². The van der Waals surface area contributed by atoms with Crippen LogP contribution in [0.1, 0.15) is 29.3 Å². The Morgan fingerprint density at radius 2 is 2.06 bits per heavy atom. The summed E-state index contributed by atoms with van der Waals surface area (Å²) in [5, 5.41) is 10.7. The molecule has 1 aromatic rings. The number of benzene rings is 1. The lowest BCUT2D eigenvalue weighted by Crippen LogP contribution is -2.35. The van der Waals surface area contributed by atoms with Crippen LogP contribution in [0.5, 0.6) is 0 Å². The maximum absolute atomic E-state index is 11.8. The summed E-state index contributed by atoms with van der Waals surface area (Å²) < 4.78 is 4.60. The molecule has 1 atom stereocenters. The van der Waals surface area contributed by atoms with Gasteiger partial charge in [0.25, 0.3) is 0 Å². The molecule has 2 rings (SSSR count). The molecule has 0 aromatic heterocycles. The molecule has 0 saturated heterocycles. The monoisotopic (exact) mass is 246 g/mol. The molecule has 94 valence electrons. The van der Waals surface area contributed by atoms with Gasteiger partial charge in [-0.1, -0.05) is 24.3 Å². The molecule has 0 saturated carbocycles. The number of methoxy groups -OCH3 is 1. The first-order valence-corrected chi connectivity index (χ1v) is 5.61. The molecule has 0 heterocycles. The van der Waals surface area contributed by atoms with E-state index in [1.807, 2.05) is 0 Å². The van der Waals surface area contributed by atoms with Crippen LogP contribution in [0.3, 0.4) is 0 Å². The van der Waals surface area contributed by atoms with Crippen LogP contribution < -0.4 is 0 Å². The summed E-state index contributed by atoms with van der Waals surface area (Å²) >= 11 is 0. The summed E-state index contributed by atoms with van der Waals surface area (Å²) in [6.45, 7) is 1.64. The zero-order valence-corrected chi connectivity index (χ0v) is 10.3. The van der Waals surface area contributed by atoms with Crippen molar-refractivity contribution in [2.45, 2.75) is 18.9 Å². The molecule has 0 fully saturated rings. The molecule has 0 amide bonds. The number of carbonyl (C=O) groups is 2. The normalized spacial score (nSPS) is 22.2. The molecule has 0 aliphatic heterocycles. The highest BCUT2D eigenvalue weighted by molar-refractivity contribution is 6.08. The Labute approximate surface area is 105 Å². The Kier molecular flexibility index (Phi) is 3.05. The first-order valence-electron chi connectivity index (χ1n) is 5.61. The molecular formula is C14H14O4. The van der Waals surface area contributed by atoms with Crippen LogP contribution in [0.15, 0.2) is 35.9 Å². The molecular weight excluding hydrogens is 232 g/mol. The first-order chi connectivity index (χ1) is 8.49. The highest BCUT2D eigenvalue weighted by atomic mass is 16.5. The molecule has 1 unspecified atom stereocenters. The van der Waals surface area contributed by atoms with Crippen LogP contribution in [0.4, 0.5) is 0 Å². The maximum atomic E-state index is 11.8. The lowest BCUT2D eigenvalue weighted by atomic mass is 9.76. The van der Waals surface area contributed by atoms with Gasteiger partial charge in [0.05, 0.1) is 13.5 Å². The predicted octanol–water partition coefficient (Wildman–Crippen LogP) is 1.58. The molecule has 1 N–H and O–H groups in total. The van der Waals surface area contributed by atoms with E-state index in [1.54, 1.807) is 31.2 Å². The van der Waals surface area contributed by atoms with Crippen LogP contribution in [-0.4, -0.2) is 24.0 Å². The van der Waals surface area contributed by atoms with Gasteiger partial charge in [-0.15, -0.1) is 0 Å². The quantitative estimate of drug-likeness (QED) is 0.805. The summed E-state index contributed by atoms with van der Waals surface area (Å²) in [5.41, 5.74) is -0.121. The van der Waals surface area contributed by atoms with Gasteiger partial charge in [0.1, 0.15) is 5.60 Å². The number of carbonyl (C=O) groups excluding carboxylic acids is 2. The average Bonchev–Trinajstić information content (AvgIpc) is 2.36. The molecule has 18 heavy (non-hydrogen) atoms. The van der Waals surface area contributed by atoms with Gasteiger partial charge < -0.3 is 9.84 Å². The number of hydrogen-bond donors (Lipinski definition) is 1. The third-order valence-electron chi connectivity index (χ3n) is 3.27. The third-order valence-corrected chi connectivity index (χ3v) is 3.27. The number of aliphatic hydroxyl groups is 1. The highest BCUT2D eigenvalue weighted by Gasteiger charge is 2.40. The van der Waals surface area contributed by atoms with Gasteiger partial charge in [-0.2, -0.15) is 0 Å². The fraction of sp³-hybridized carbons (Fsp3) is 0.286. The second-order valence-corrected chi connectivity index (χ2v) is 4.35. The maximum Gasteiger partial charge on any atom is 0.309 e. The van der Waals surface area contributed by atoms with Crippen molar-refractivity contribution in [2.75, 3.05) is 7.11 Å². The highest BCUT2D eigenvalue weighted by Crippen LogP contribution is 2.38. The Morgan fingerprint density at radius 1 is 1.39 bits per heavy atom. The topological polar surface area (TPSA) is 63.6 Å². The van der Waals surface area contributed by atoms with E-state index in [-0.39, 0.29) is 12.2 Å². The summed E-state index contributed by atoms with van der Waals surface area (Å²) in [6, 6.07) is 6.76. The van der Waals surface area contributed by atoms with E-state index >= 15 is 0 Å². The summed E-state index contributed by atoms with van der Waals surface area (Å²) in [7, 11) is 1.27. The van der Waals surface area contributed by atoms with Gasteiger partial charge in [-0.3, -0.25) is 9.59 Å². The van der Waals surface area contributed by atoms with E-state index in [0.29, 0.717) is 16.7 Å². The largest absolute Gasteiger partial charge is 0.469 e. The van der Waals surface area contributed by atoms with Crippen molar-refractivity contribution >= 4 is 11.8 Å². The summed E-state index contributed by atoms with van der Waals surface area (Å²) in [6.07, 6.45) is 1.17. The summed E-state index contributed by atoms with van der Waals surface area (Å²) in [5.74, 6) is -0.674. The second kappa shape index (κ2) is 4.38. The van der Waals surface area contributed by atoms with Gasteiger partial charge in [0.15, 0.2) is 5.78 Å². The molecule has 0 radical (unpaired) electrons.